The second-order valence-electron chi connectivity index (χ2n) is 5.73. The van der Waals surface area contributed by atoms with Crippen molar-refractivity contribution < 1.29 is 14.0 Å². The molecular weight excluding hydrogens is 314 g/mol. The maximum absolute atomic E-state index is 12.6. The van der Waals surface area contributed by atoms with Gasteiger partial charge in [0.2, 0.25) is 11.8 Å². The van der Waals surface area contributed by atoms with Gasteiger partial charge in [0.05, 0.1) is 11.2 Å². The molecule has 2 aromatic rings. The molecule has 0 aliphatic carbocycles. The number of likely N-dealkylation sites (tertiary alicyclic amines) is 1. The molecule has 0 bridgehead atoms. The van der Waals surface area contributed by atoms with E-state index < -0.39 is 0 Å². The Morgan fingerprint density at radius 3 is 2.96 bits per heavy atom. The molecule has 0 saturated carbocycles. The molecule has 2 atom stereocenters. The molecular formula is C16H19N3O3S. The third kappa shape index (κ3) is 3.50. The van der Waals surface area contributed by atoms with Gasteiger partial charge in [0.15, 0.2) is 5.58 Å². The van der Waals surface area contributed by atoms with Crippen molar-refractivity contribution >= 4 is 34.7 Å². The Labute approximate surface area is 138 Å². The second kappa shape index (κ2) is 6.62. The molecule has 2 amide bonds. The number of benzene rings is 1. The van der Waals surface area contributed by atoms with Gasteiger partial charge in [0.25, 0.3) is 5.22 Å². The van der Waals surface area contributed by atoms with Crippen LogP contribution in [0.25, 0.3) is 11.1 Å². The molecule has 0 radical (unpaired) electrons. The number of piperidine rings is 1. The Balaban J connectivity index is 1.66. The van der Waals surface area contributed by atoms with E-state index in [4.69, 9.17) is 10.2 Å². The first-order valence-electron chi connectivity index (χ1n) is 7.65. The summed E-state index contributed by atoms with van der Waals surface area (Å²) in [6, 6.07) is 7.50. The van der Waals surface area contributed by atoms with Crippen molar-refractivity contribution in [2.24, 2.45) is 11.7 Å². The SMILES string of the molecule is CC(Sc1nc2ccccc2o1)C(=O)N1CCCC(C(N)=O)C1. The standard InChI is InChI=1S/C16H19N3O3S/c1-10(15(21)19-8-4-5-11(9-19)14(17)20)23-16-18-12-6-2-3-7-13(12)22-16/h2-3,6-7,10-11H,4-5,8-9H2,1H3,(H2,17,20). The first-order valence-corrected chi connectivity index (χ1v) is 8.53. The monoisotopic (exact) mass is 333 g/mol. The van der Waals surface area contributed by atoms with Crippen molar-refractivity contribution in [2.45, 2.75) is 30.2 Å². The van der Waals surface area contributed by atoms with Crippen molar-refractivity contribution in [3.8, 4) is 0 Å². The van der Waals surface area contributed by atoms with Gasteiger partial charge >= 0.3 is 0 Å². The van der Waals surface area contributed by atoms with E-state index in [9.17, 15) is 9.59 Å². The highest BCUT2D eigenvalue weighted by atomic mass is 32.2. The van der Waals surface area contributed by atoms with Gasteiger partial charge in [0.1, 0.15) is 5.52 Å². The minimum absolute atomic E-state index is 0.0109. The zero-order chi connectivity index (χ0) is 16.4. The van der Waals surface area contributed by atoms with Crippen LogP contribution in [0, 0.1) is 5.92 Å². The normalized spacial score (nSPS) is 19.7. The molecule has 2 N–H and O–H groups in total. The third-order valence-electron chi connectivity index (χ3n) is 4.04. The summed E-state index contributed by atoms with van der Waals surface area (Å²) >= 11 is 1.30. The summed E-state index contributed by atoms with van der Waals surface area (Å²) in [6.07, 6.45) is 1.56. The fourth-order valence-corrected chi connectivity index (χ4v) is 3.61. The molecule has 0 spiro atoms. The zero-order valence-electron chi connectivity index (χ0n) is 12.9. The summed E-state index contributed by atoms with van der Waals surface area (Å²) in [6.45, 7) is 2.91. The lowest BCUT2D eigenvalue weighted by Crippen LogP contribution is -2.46. The Hall–Kier alpha value is -2.02. The van der Waals surface area contributed by atoms with E-state index in [2.05, 4.69) is 4.98 Å². The number of oxazole rings is 1. The number of nitrogens with zero attached hydrogens (tertiary/aromatic N) is 2. The van der Waals surface area contributed by atoms with Gasteiger partial charge in [-0.3, -0.25) is 9.59 Å². The topological polar surface area (TPSA) is 89.4 Å². The summed E-state index contributed by atoms with van der Waals surface area (Å²) in [7, 11) is 0. The summed E-state index contributed by atoms with van der Waals surface area (Å²) in [5, 5.41) is 0.158. The molecule has 2 heterocycles. The fraction of sp³-hybridized carbons (Fsp3) is 0.438. The number of hydrogen-bond acceptors (Lipinski definition) is 5. The molecule has 3 rings (SSSR count). The van der Waals surface area contributed by atoms with Crippen LogP contribution in [0.5, 0.6) is 0 Å². The first kappa shape index (κ1) is 15.9. The van der Waals surface area contributed by atoms with Crippen LogP contribution in [-0.2, 0) is 9.59 Å². The maximum Gasteiger partial charge on any atom is 0.257 e. The number of carbonyl (C=O) groups excluding carboxylic acids is 2. The van der Waals surface area contributed by atoms with E-state index in [0.717, 1.165) is 18.4 Å². The molecule has 1 saturated heterocycles. The van der Waals surface area contributed by atoms with Crippen LogP contribution in [0.4, 0.5) is 0 Å². The molecule has 7 heteroatoms. The quantitative estimate of drug-likeness (QED) is 0.865. The Bertz CT molecular complexity index is 697. The number of hydrogen-bond donors (Lipinski definition) is 1. The zero-order valence-corrected chi connectivity index (χ0v) is 13.7. The van der Waals surface area contributed by atoms with Crippen LogP contribution in [0.15, 0.2) is 33.9 Å². The lowest BCUT2D eigenvalue weighted by Gasteiger charge is -2.32. The summed E-state index contributed by atoms with van der Waals surface area (Å²) < 4.78 is 5.64. The van der Waals surface area contributed by atoms with Crippen LogP contribution in [0.3, 0.4) is 0 Å². The maximum atomic E-state index is 12.6. The van der Waals surface area contributed by atoms with E-state index in [0.29, 0.717) is 23.9 Å². The molecule has 1 aromatic heterocycles. The van der Waals surface area contributed by atoms with E-state index in [1.54, 1.807) is 4.90 Å². The van der Waals surface area contributed by atoms with Gasteiger partial charge in [-0.05, 0) is 31.9 Å². The van der Waals surface area contributed by atoms with Crippen molar-refractivity contribution in [1.82, 2.24) is 9.88 Å². The minimum atomic E-state index is -0.332. The third-order valence-corrected chi connectivity index (χ3v) is 4.97. The van der Waals surface area contributed by atoms with Crippen LogP contribution >= 0.6 is 11.8 Å². The van der Waals surface area contributed by atoms with Crippen LogP contribution < -0.4 is 5.73 Å². The number of fused-ring (bicyclic) bond motifs is 1. The van der Waals surface area contributed by atoms with Crippen molar-refractivity contribution in [1.29, 1.82) is 0 Å². The van der Waals surface area contributed by atoms with Gasteiger partial charge in [-0.2, -0.15) is 0 Å². The summed E-state index contributed by atoms with van der Waals surface area (Å²) in [5.41, 5.74) is 6.85. The first-order chi connectivity index (χ1) is 11.0. The van der Waals surface area contributed by atoms with Crippen molar-refractivity contribution in [2.75, 3.05) is 13.1 Å². The number of carbonyl (C=O) groups is 2. The number of thioether (sulfide) groups is 1. The number of primary amides is 1. The Kier molecular flexibility index (Phi) is 4.56. The molecule has 1 aliphatic rings. The molecule has 2 unspecified atom stereocenters. The fourth-order valence-electron chi connectivity index (χ4n) is 2.77. The van der Waals surface area contributed by atoms with Crippen LogP contribution in [0.1, 0.15) is 19.8 Å². The highest BCUT2D eigenvalue weighted by molar-refractivity contribution is 8.00. The number of nitrogens with two attached hydrogens (primary N) is 1. The Morgan fingerprint density at radius 1 is 1.43 bits per heavy atom. The van der Waals surface area contributed by atoms with Gasteiger partial charge < -0.3 is 15.1 Å². The minimum Gasteiger partial charge on any atom is -0.431 e. The van der Waals surface area contributed by atoms with E-state index in [-0.39, 0.29) is 23.0 Å². The lowest BCUT2D eigenvalue weighted by atomic mass is 9.97. The number of rotatable bonds is 4. The van der Waals surface area contributed by atoms with Crippen molar-refractivity contribution in [3.05, 3.63) is 24.3 Å². The van der Waals surface area contributed by atoms with Crippen molar-refractivity contribution in [3.63, 3.8) is 0 Å². The second-order valence-corrected chi connectivity index (χ2v) is 7.03. The Morgan fingerprint density at radius 2 is 2.22 bits per heavy atom. The van der Waals surface area contributed by atoms with Gasteiger partial charge in [-0.25, -0.2) is 4.98 Å². The smallest absolute Gasteiger partial charge is 0.257 e. The average molecular weight is 333 g/mol. The molecule has 1 fully saturated rings. The largest absolute Gasteiger partial charge is 0.431 e. The highest BCUT2D eigenvalue weighted by Crippen LogP contribution is 2.28. The molecule has 6 nitrogen and oxygen atoms in total. The predicted molar refractivity (Wildman–Crippen MR) is 87.8 cm³/mol. The van der Waals surface area contributed by atoms with Crippen LogP contribution in [-0.4, -0.2) is 40.0 Å². The number of aromatic nitrogens is 1. The lowest BCUT2D eigenvalue weighted by molar-refractivity contribution is -0.134. The van der Waals surface area contributed by atoms with E-state index in [1.807, 2.05) is 31.2 Å². The summed E-state index contributed by atoms with van der Waals surface area (Å²) in [5.74, 6) is -0.584. The summed E-state index contributed by atoms with van der Waals surface area (Å²) in [4.78, 5) is 30.0. The van der Waals surface area contributed by atoms with Gasteiger partial charge in [0, 0.05) is 13.1 Å². The molecule has 122 valence electrons. The van der Waals surface area contributed by atoms with E-state index in [1.165, 1.54) is 11.8 Å². The van der Waals surface area contributed by atoms with Crippen LogP contribution in [0.2, 0.25) is 0 Å². The highest BCUT2D eigenvalue weighted by Gasteiger charge is 2.30. The molecule has 1 aromatic carbocycles. The number of amides is 2. The number of para-hydroxylation sites is 2. The molecule has 1 aliphatic heterocycles. The predicted octanol–water partition coefficient (Wildman–Crippen LogP) is 2.03. The van der Waals surface area contributed by atoms with Gasteiger partial charge in [-0.15, -0.1) is 0 Å². The molecule has 23 heavy (non-hydrogen) atoms. The van der Waals surface area contributed by atoms with E-state index >= 15 is 0 Å². The van der Waals surface area contributed by atoms with Gasteiger partial charge in [-0.1, -0.05) is 23.9 Å². The average Bonchev–Trinajstić information content (AvgIpc) is 2.96.